The zero-order chi connectivity index (χ0) is 19.7. The molecule has 1 unspecified atom stereocenters. The van der Waals surface area contributed by atoms with Crippen LogP contribution in [0.5, 0.6) is 0 Å². The average molecular weight is 400 g/mol. The topological polar surface area (TPSA) is 78.7 Å². The highest BCUT2D eigenvalue weighted by Gasteiger charge is 2.23. The largest absolute Gasteiger partial charge is 0.322 e. The van der Waals surface area contributed by atoms with Gasteiger partial charge in [0, 0.05) is 31.9 Å². The lowest BCUT2D eigenvalue weighted by Crippen LogP contribution is -2.34. The highest BCUT2D eigenvalue weighted by Crippen LogP contribution is 2.26. The number of carbonyl (C=O) groups is 1. The molecule has 0 fully saturated rings. The minimum absolute atomic E-state index is 0.206. The summed E-state index contributed by atoms with van der Waals surface area (Å²) >= 11 is -1.44. The van der Waals surface area contributed by atoms with Crippen LogP contribution in [0.15, 0.2) is 48.5 Å². The summed E-state index contributed by atoms with van der Waals surface area (Å²) in [7, 11) is 0. The van der Waals surface area contributed by atoms with Gasteiger partial charge in [-0.15, -0.1) is 0 Å². The van der Waals surface area contributed by atoms with Crippen molar-refractivity contribution < 1.29 is 13.4 Å². The third-order valence-corrected chi connectivity index (χ3v) is 5.95. The molecule has 4 rings (SSSR count). The molecule has 6 nitrogen and oxygen atoms in total. The predicted octanol–water partition coefficient (Wildman–Crippen LogP) is 3.00. The van der Waals surface area contributed by atoms with Gasteiger partial charge in [0.25, 0.3) is 0 Å². The maximum atomic E-state index is 13.3. The SMILES string of the molecule is NS(=O)N1CC=C(c2ccc(NC(=O)N3Cc4ccc(F)cc4C3)cc2)CC1. The third-order valence-electron chi connectivity index (χ3n) is 5.11. The summed E-state index contributed by atoms with van der Waals surface area (Å²) in [6.07, 6.45) is 2.81. The van der Waals surface area contributed by atoms with Crippen molar-refractivity contribution in [2.75, 3.05) is 18.4 Å². The van der Waals surface area contributed by atoms with Crippen LogP contribution in [0, 0.1) is 5.82 Å². The fourth-order valence-electron chi connectivity index (χ4n) is 3.55. The summed E-state index contributed by atoms with van der Waals surface area (Å²) in [6, 6.07) is 12.1. The Morgan fingerprint density at radius 2 is 1.86 bits per heavy atom. The number of anilines is 1. The molecule has 2 aromatic carbocycles. The molecule has 0 saturated heterocycles. The quantitative estimate of drug-likeness (QED) is 0.831. The first kappa shape index (κ1) is 18.8. The zero-order valence-electron chi connectivity index (χ0n) is 15.2. The fourth-order valence-corrected chi connectivity index (χ4v) is 4.05. The van der Waals surface area contributed by atoms with E-state index in [2.05, 4.69) is 5.32 Å². The fraction of sp³-hybridized carbons (Fsp3) is 0.250. The molecule has 2 heterocycles. The van der Waals surface area contributed by atoms with Crippen LogP contribution in [-0.2, 0) is 24.3 Å². The Morgan fingerprint density at radius 1 is 1.11 bits per heavy atom. The summed E-state index contributed by atoms with van der Waals surface area (Å²) in [5.41, 5.74) is 4.78. The molecule has 2 aliphatic rings. The lowest BCUT2D eigenvalue weighted by Gasteiger charge is -2.23. The van der Waals surface area contributed by atoms with Gasteiger partial charge in [0.2, 0.25) is 0 Å². The molecule has 28 heavy (non-hydrogen) atoms. The third kappa shape index (κ3) is 3.99. The van der Waals surface area contributed by atoms with Crippen molar-refractivity contribution in [1.82, 2.24) is 9.21 Å². The lowest BCUT2D eigenvalue weighted by atomic mass is 10.0. The molecular formula is C20H21FN4O2S. The first-order valence-corrected chi connectivity index (χ1v) is 10.2. The summed E-state index contributed by atoms with van der Waals surface area (Å²) in [6.45, 7) is 2.10. The van der Waals surface area contributed by atoms with Gasteiger partial charge < -0.3 is 10.2 Å². The number of nitrogens with two attached hydrogens (primary N) is 1. The Labute approximate surface area is 165 Å². The molecule has 0 spiro atoms. The van der Waals surface area contributed by atoms with Crippen molar-refractivity contribution >= 4 is 28.5 Å². The van der Waals surface area contributed by atoms with Gasteiger partial charge in [-0.2, -0.15) is 0 Å². The van der Waals surface area contributed by atoms with Crippen molar-refractivity contribution in [2.24, 2.45) is 5.14 Å². The number of carbonyl (C=O) groups excluding carboxylic acids is 1. The van der Waals surface area contributed by atoms with Crippen LogP contribution < -0.4 is 10.5 Å². The Morgan fingerprint density at radius 3 is 2.54 bits per heavy atom. The van der Waals surface area contributed by atoms with Crippen LogP contribution >= 0.6 is 0 Å². The molecule has 0 bridgehead atoms. The molecule has 0 radical (unpaired) electrons. The second-order valence-corrected chi connectivity index (χ2v) is 7.99. The lowest BCUT2D eigenvalue weighted by molar-refractivity contribution is 0.212. The Balaban J connectivity index is 1.37. The predicted molar refractivity (Wildman–Crippen MR) is 108 cm³/mol. The molecule has 8 heteroatoms. The van der Waals surface area contributed by atoms with Crippen LogP contribution in [0.3, 0.4) is 0 Å². The highest BCUT2D eigenvalue weighted by atomic mass is 32.2. The molecule has 0 aromatic heterocycles. The first-order chi connectivity index (χ1) is 13.5. The number of rotatable bonds is 3. The Kier molecular flexibility index (Phi) is 5.25. The molecule has 0 saturated carbocycles. The number of amides is 2. The minimum atomic E-state index is -1.44. The summed E-state index contributed by atoms with van der Waals surface area (Å²) in [4.78, 5) is 14.2. The van der Waals surface area contributed by atoms with Crippen molar-refractivity contribution in [3.63, 3.8) is 0 Å². The van der Waals surface area contributed by atoms with Gasteiger partial charge in [-0.3, -0.25) is 0 Å². The monoisotopic (exact) mass is 400 g/mol. The van der Waals surface area contributed by atoms with E-state index in [1.165, 1.54) is 17.7 Å². The molecule has 2 aromatic rings. The molecule has 146 valence electrons. The number of hydrogen-bond acceptors (Lipinski definition) is 2. The van der Waals surface area contributed by atoms with E-state index in [1.54, 1.807) is 15.3 Å². The minimum Gasteiger partial charge on any atom is -0.316 e. The van der Waals surface area contributed by atoms with Crippen LogP contribution in [0.25, 0.3) is 5.57 Å². The molecule has 2 aliphatic heterocycles. The van der Waals surface area contributed by atoms with Gasteiger partial charge in [-0.25, -0.2) is 22.8 Å². The van der Waals surface area contributed by atoms with Gasteiger partial charge in [0.1, 0.15) is 5.82 Å². The summed E-state index contributed by atoms with van der Waals surface area (Å²) in [5, 5.41) is 8.30. The number of hydrogen-bond donors (Lipinski definition) is 2. The molecule has 0 aliphatic carbocycles. The number of fused-ring (bicyclic) bond motifs is 1. The maximum absolute atomic E-state index is 13.3. The average Bonchev–Trinajstić information content (AvgIpc) is 3.12. The second kappa shape index (κ2) is 7.83. The standard InChI is InChI=1S/C20H21FN4O2S/c21-18-4-1-16-12-24(13-17(16)11-18)20(26)23-19-5-2-14(3-6-19)15-7-9-25(10-8-15)28(22)27/h1-7,11H,8-10,12-13,22H2,(H,23,26). The Hall–Kier alpha value is -2.55. The highest BCUT2D eigenvalue weighted by molar-refractivity contribution is 7.80. The van der Waals surface area contributed by atoms with E-state index in [9.17, 15) is 13.4 Å². The number of benzene rings is 2. The number of halogens is 1. The van der Waals surface area contributed by atoms with E-state index >= 15 is 0 Å². The van der Waals surface area contributed by atoms with Gasteiger partial charge in [0.05, 0.1) is 0 Å². The molecular weight excluding hydrogens is 379 g/mol. The van der Waals surface area contributed by atoms with E-state index < -0.39 is 11.2 Å². The van der Waals surface area contributed by atoms with Crippen molar-refractivity contribution in [2.45, 2.75) is 19.5 Å². The second-order valence-electron chi connectivity index (χ2n) is 6.92. The summed E-state index contributed by atoms with van der Waals surface area (Å²) in [5.74, 6) is -0.283. The molecule has 2 amide bonds. The first-order valence-electron chi connectivity index (χ1n) is 9.03. The Bertz CT molecular complexity index is 961. The number of nitrogens with one attached hydrogen (secondary N) is 1. The van der Waals surface area contributed by atoms with E-state index in [4.69, 9.17) is 5.14 Å². The van der Waals surface area contributed by atoms with Crippen LogP contribution in [0.4, 0.5) is 14.9 Å². The number of nitrogens with zero attached hydrogens (tertiary/aromatic N) is 2. The van der Waals surface area contributed by atoms with E-state index in [0.29, 0.717) is 31.9 Å². The molecule has 1 atom stereocenters. The van der Waals surface area contributed by atoms with Crippen LogP contribution in [-0.4, -0.2) is 32.5 Å². The maximum Gasteiger partial charge on any atom is 0.322 e. The van der Waals surface area contributed by atoms with Crippen molar-refractivity contribution in [3.05, 3.63) is 71.0 Å². The van der Waals surface area contributed by atoms with E-state index in [1.807, 2.05) is 30.3 Å². The van der Waals surface area contributed by atoms with Crippen LogP contribution in [0.1, 0.15) is 23.1 Å². The van der Waals surface area contributed by atoms with Crippen molar-refractivity contribution in [1.29, 1.82) is 0 Å². The smallest absolute Gasteiger partial charge is 0.316 e. The van der Waals surface area contributed by atoms with Gasteiger partial charge >= 0.3 is 6.03 Å². The summed E-state index contributed by atoms with van der Waals surface area (Å²) < 4.78 is 26.4. The zero-order valence-corrected chi connectivity index (χ0v) is 16.0. The van der Waals surface area contributed by atoms with Crippen molar-refractivity contribution in [3.8, 4) is 0 Å². The van der Waals surface area contributed by atoms with Gasteiger partial charge in [-0.1, -0.05) is 24.3 Å². The normalized spacial score (nSPS) is 17.8. The van der Waals surface area contributed by atoms with Gasteiger partial charge in [-0.05, 0) is 52.9 Å². The van der Waals surface area contributed by atoms with E-state index in [-0.39, 0.29) is 11.8 Å². The number of urea groups is 1. The van der Waals surface area contributed by atoms with Gasteiger partial charge in [0.15, 0.2) is 11.2 Å². The molecule has 3 N–H and O–H groups in total. The van der Waals surface area contributed by atoms with Crippen LogP contribution in [0.2, 0.25) is 0 Å². The van der Waals surface area contributed by atoms with E-state index in [0.717, 1.165) is 23.1 Å².